The Labute approximate surface area is 141 Å². The van der Waals surface area contributed by atoms with E-state index in [0.717, 1.165) is 25.0 Å². The Morgan fingerprint density at radius 3 is 2.75 bits per heavy atom. The molecule has 6 nitrogen and oxygen atoms in total. The maximum absolute atomic E-state index is 12.9. The molecule has 0 saturated heterocycles. The van der Waals surface area contributed by atoms with Crippen molar-refractivity contribution >= 4 is 17.4 Å². The van der Waals surface area contributed by atoms with E-state index in [1.165, 1.54) is 31.4 Å². The van der Waals surface area contributed by atoms with Crippen molar-refractivity contribution in [2.45, 2.75) is 32.6 Å². The number of aryl methyl sites for hydroxylation is 1. The number of halogens is 1. The highest BCUT2D eigenvalue weighted by atomic mass is 19.1. The molecule has 0 atom stereocenters. The van der Waals surface area contributed by atoms with Gasteiger partial charge in [-0.1, -0.05) is 26.2 Å². The summed E-state index contributed by atoms with van der Waals surface area (Å²) in [6, 6.07) is 2.57. The van der Waals surface area contributed by atoms with E-state index in [1.807, 2.05) is 14.1 Å². The van der Waals surface area contributed by atoms with Gasteiger partial charge in [0.1, 0.15) is 17.2 Å². The topological polar surface area (TPSA) is 63.1 Å². The second-order valence-corrected chi connectivity index (χ2v) is 5.80. The van der Waals surface area contributed by atoms with Crippen molar-refractivity contribution in [1.29, 1.82) is 0 Å². The van der Waals surface area contributed by atoms with E-state index in [1.54, 1.807) is 10.9 Å². The van der Waals surface area contributed by atoms with Gasteiger partial charge in [0.25, 0.3) is 5.91 Å². The molecule has 0 fully saturated rings. The molecule has 130 valence electrons. The van der Waals surface area contributed by atoms with E-state index in [2.05, 4.69) is 27.2 Å². The summed E-state index contributed by atoms with van der Waals surface area (Å²) in [7, 11) is 3.82. The number of pyridine rings is 1. The minimum atomic E-state index is -0.472. The number of nitrogens with one attached hydrogen (secondary N) is 1. The lowest BCUT2D eigenvalue weighted by Crippen LogP contribution is -2.23. The zero-order chi connectivity index (χ0) is 17.5. The minimum absolute atomic E-state index is 0.164. The second kappa shape index (κ2) is 8.42. The first kappa shape index (κ1) is 17.9. The van der Waals surface area contributed by atoms with Gasteiger partial charge in [-0.25, -0.2) is 9.37 Å². The van der Waals surface area contributed by atoms with Crippen LogP contribution in [-0.2, 0) is 7.05 Å². The minimum Gasteiger partial charge on any atom is -0.358 e. The predicted octanol–water partition coefficient (Wildman–Crippen LogP) is 3.22. The normalized spacial score (nSPS) is 10.7. The van der Waals surface area contributed by atoms with Gasteiger partial charge in [-0.05, 0) is 18.6 Å². The maximum atomic E-state index is 12.9. The van der Waals surface area contributed by atoms with Crippen molar-refractivity contribution in [3.8, 4) is 0 Å². The number of carbonyl (C=O) groups is 1. The molecule has 0 aliphatic rings. The summed E-state index contributed by atoms with van der Waals surface area (Å²) in [5.74, 6) is -0.0222. The second-order valence-electron chi connectivity index (χ2n) is 5.80. The molecule has 0 aliphatic heterocycles. The number of carbonyl (C=O) groups excluding carboxylic acids is 1. The third kappa shape index (κ3) is 4.53. The Morgan fingerprint density at radius 1 is 1.29 bits per heavy atom. The molecule has 0 bridgehead atoms. The van der Waals surface area contributed by atoms with Crippen LogP contribution in [0.1, 0.15) is 43.1 Å². The Hall–Kier alpha value is -2.44. The molecule has 0 saturated carbocycles. The van der Waals surface area contributed by atoms with Crippen LogP contribution in [0.4, 0.5) is 15.9 Å². The summed E-state index contributed by atoms with van der Waals surface area (Å²) < 4.78 is 14.6. The van der Waals surface area contributed by atoms with Crippen molar-refractivity contribution in [3.63, 3.8) is 0 Å². The van der Waals surface area contributed by atoms with Gasteiger partial charge >= 0.3 is 0 Å². The summed E-state index contributed by atoms with van der Waals surface area (Å²) in [5.41, 5.74) is 0.781. The van der Waals surface area contributed by atoms with Crippen LogP contribution in [0, 0.1) is 5.82 Å². The van der Waals surface area contributed by atoms with Crippen LogP contribution >= 0.6 is 0 Å². The Bertz CT molecular complexity index is 668. The van der Waals surface area contributed by atoms with Crippen LogP contribution in [-0.4, -0.2) is 34.3 Å². The van der Waals surface area contributed by atoms with Gasteiger partial charge in [0, 0.05) is 20.6 Å². The van der Waals surface area contributed by atoms with Gasteiger partial charge in [-0.2, -0.15) is 5.10 Å². The molecule has 0 aliphatic carbocycles. The number of rotatable bonds is 8. The van der Waals surface area contributed by atoms with Gasteiger partial charge < -0.3 is 10.2 Å². The molecule has 2 aromatic rings. The van der Waals surface area contributed by atoms with Gasteiger partial charge in [0.05, 0.1) is 12.4 Å². The molecule has 0 radical (unpaired) electrons. The largest absolute Gasteiger partial charge is 0.358 e. The van der Waals surface area contributed by atoms with E-state index < -0.39 is 5.82 Å². The molecule has 2 heterocycles. The summed E-state index contributed by atoms with van der Waals surface area (Å²) in [6.07, 6.45) is 7.32. The van der Waals surface area contributed by atoms with Crippen LogP contribution in [0.3, 0.4) is 0 Å². The van der Waals surface area contributed by atoms with E-state index in [-0.39, 0.29) is 11.6 Å². The quantitative estimate of drug-likeness (QED) is 0.754. The first-order valence-electron chi connectivity index (χ1n) is 8.19. The molecule has 0 spiro atoms. The maximum Gasteiger partial charge on any atom is 0.274 e. The standard InChI is InChI=1S/C17H24FN5O/c1-4-5-6-7-10-22(2)17-15(12-20-23(17)3)21-16(24)14-9-8-13(18)11-19-14/h8-9,11-12H,4-7,10H2,1-3H3,(H,21,24). The molecule has 2 rings (SSSR count). The lowest BCUT2D eigenvalue weighted by atomic mass is 10.2. The molecule has 0 aromatic carbocycles. The van der Waals surface area contributed by atoms with Crippen molar-refractivity contribution in [3.05, 3.63) is 36.0 Å². The highest BCUT2D eigenvalue weighted by Gasteiger charge is 2.16. The Balaban J connectivity index is 2.05. The van der Waals surface area contributed by atoms with Crippen LogP contribution < -0.4 is 10.2 Å². The first-order chi connectivity index (χ1) is 11.5. The average molecular weight is 333 g/mol. The third-order valence-corrected chi connectivity index (χ3v) is 3.82. The highest BCUT2D eigenvalue weighted by molar-refractivity contribution is 6.04. The molecule has 24 heavy (non-hydrogen) atoms. The average Bonchev–Trinajstić information content (AvgIpc) is 2.92. The predicted molar refractivity (Wildman–Crippen MR) is 92.8 cm³/mol. The molecule has 1 N–H and O–H groups in total. The fourth-order valence-corrected chi connectivity index (χ4v) is 2.55. The summed E-state index contributed by atoms with van der Waals surface area (Å²) >= 11 is 0. The Kier molecular flexibility index (Phi) is 6.28. The van der Waals surface area contributed by atoms with E-state index >= 15 is 0 Å². The van der Waals surface area contributed by atoms with Crippen LogP contribution in [0.15, 0.2) is 24.5 Å². The van der Waals surface area contributed by atoms with Gasteiger partial charge in [-0.3, -0.25) is 9.48 Å². The molecule has 0 unspecified atom stereocenters. The number of anilines is 2. The number of aromatic nitrogens is 3. The number of unbranched alkanes of at least 4 members (excludes halogenated alkanes) is 3. The van der Waals surface area contributed by atoms with E-state index in [4.69, 9.17) is 0 Å². The lowest BCUT2D eigenvalue weighted by Gasteiger charge is -2.21. The monoisotopic (exact) mass is 333 g/mol. The van der Waals surface area contributed by atoms with Crippen molar-refractivity contribution in [2.75, 3.05) is 23.8 Å². The highest BCUT2D eigenvalue weighted by Crippen LogP contribution is 2.24. The smallest absolute Gasteiger partial charge is 0.274 e. The zero-order valence-electron chi connectivity index (χ0n) is 14.4. The van der Waals surface area contributed by atoms with Gasteiger partial charge in [-0.15, -0.1) is 0 Å². The molecular weight excluding hydrogens is 309 g/mol. The summed E-state index contributed by atoms with van der Waals surface area (Å²) in [5, 5.41) is 7.02. The lowest BCUT2D eigenvalue weighted by molar-refractivity contribution is 0.102. The van der Waals surface area contributed by atoms with E-state index in [0.29, 0.717) is 5.69 Å². The van der Waals surface area contributed by atoms with Crippen molar-refractivity contribution < 1.29 is 9.18 Å². The fourth-order valence-electron chi connectivity index (χ4n) is 2.55. The molecular formula is C17H24FN5O. The number of amides is 1. The van der Waals surface area contributed by atoms with Crippen molar-refractivity contribution in [1.82, 2.24) is 14.8 Å². The summed E-state index contributed by atoms with van der Waals surface area (Å²) in [6.45, 7) is 3.07. The van der Waals surface area contributed by atoms with Crippen molar-refractivity contribution in [2.24, 2.45) is 7.05 Å². The molecule has 1 amide bonds. The van der Waals surface area contributed by atoms with Crippen LogP contribution in [0.25, 0.3) is 0 Å². The SMILES string of the molecule is CCCCCCN(C)c1c(NC(=O)c2ccc(F)cn2)cnn1C. The first-order valence-corrected chi connectivity index (χ1v) is 8.19. The molecule has 2 aromatic heterocycles. The molecule has 7 heteroatoms. The third-order valence-electron chi connectivity index (χ3n) is 3.82. The number of hydrogen-bond acceptors (Lipinski definition) is 4. The number of hydrogen-bond donors (Lipinski definition) is 1. The Morgan fingerprint density at radius 2 is 2.08 bits per heavy atom. The van der Waals surface area contributed by atoms with Crippen LogP contribution in [0.5, 0.6) is 0 Å². The zero-order valence-corrected chi connectivity index (χ0v) is 14.4. The summed E-state index contributed by atoms with van der Waals surface area (Å²) in [4.78, 5) is 18.1. The van der Waals surface area contributed by atoms with Gasteiger partial charge in [0.2, 0.25) is 0 Å². The van der Waals surface area contributed by atoms with Crippen LogP contribution in [0.2, 0.25) is 0 Å². The number of nitrogens with zero attached hydrogens (tertiary/aromatic N) is 4. The fraction of sp³-hybridized carbons (Fsp3) is 0.471. The van der Waals surface area contributed by atoms with E-state index in [9.17, 15) is 9.18 Å². The van der Waals surface area contributed by atoms with Gasteiger partial charge in [0.15, 0.2) is 5.82 Å².